The summed E-state index contributed by atoms with van der Waals surface area (Å²) in [5.74, 6) is 1.04. The zero-order chi connectivity index (χ0) is 11.5. The van der Waals surface area contributed by atoms with Gasteiger partial charge in [0.25, 0.3) is 0 Å². The molecule has 0 amide bonds. The number of imidazole rings is 1. The highest BCUT2D eigenvalue weighted by molar-refractivity contribution is 5.76. The van der Waals surface area contributed by atoms with Gasteiger partial charge in [0.15, 0.2) is 0 Å². The van der Waals surface area contributed by atoms with Crippen LogP contribution in [0.15, 0.2) is 18.2 Å². The molecular weight excluding hydrogens is 202 g/mol. The van der Waals surface area contributed by atoms with Crippen LogP contribution in [0.25, 0.3) is 11.0 Å². The Bertz CT molecular complexity index is 490. The van der Waals surface area contributed by atoms with Gasteiger partial charge in [-0.25, -0.2) is 4.98 Å². The second kappa shape index (κ2) is 4.63. The number of aryl methyl sites for hydroxylation is 1. The molecule has 2 rings (SSSR count). The molecule has 2 aromatic rings. The number of hydrogen-bond donors (Lipinski definition) is 2. The van der Waals surface area contributed by atoms with Crippen molar-refractivity contribution in [1.82, 2.24) is 14.9 Å². The predicted octanol–water partition coefficient (Wildman–Crippen LogP) is 1.27. The number of aromatic nitrogens is 2. The van der Waals surface area contributed by atoms with Gasteiger partial charge in [0.2, 0.25) is 0 Å². The lowest BCUT2D eigenvalue weighted by atomic mass is 10.2. The van der Waals surface area contributed by atoms with Gasteiger partial charge in [0.05, 0.1) is 24.2 Å². The Balaban J connectivity index is 2.57. The minimum absolute atomic E-state index is 0.0658. The van der Waals surface area contributed by atoms with E-state index in [1.807, 2.05) is 25.2 Å². The number of rotatable bonds is 4. The van der Waals surface area contributed by atoms with Gasteiger partial charge < -0.3 is 15.0 Å². The van der Waals surface area contributed by atoms with Gasteiger partial charge in [0.1, 0.15) is 5.82 Å². The highest BCUT2D eigenvalue weighted by Crippen LogP contribution is 2.18. The first-order chi connectivity index (χ1) is 7.80. The van der Waals surface area contributed by atoms with E-state index < -0.39 is 0 Å². The molecule has 0 bridgehead atoms. The van der Waals surface area contributed by atoms with E-state index in [0.717, 1.165) is 35.5 Å². The number of hydrogen-bond acceptors (Lipinski definition) is 3. The van der Waals surface area contributed by atoms with Crippen molar-refractivity contribution in [2.45, 2.75) is 26.6 Å². The minimum atomic E-state index is 0.0658. The van der Waals surface area contributed by atoms with E-state index in [1.165, 1.54) is 0 Å². The molecule has 2 N–H and O–H groups in total. The Morgan fingerprint density at radius 1 is 1.44 bits per heavy atom. The van der Waals surface area contributed by atoms with Crippen LogP contribution in [0, 0.1) is 0 Å². The third-order valence-electron chi connectivity index (χ3n) is 2.73. The van der Waals surface area contributed by atoms with Crippen LogP contribution in [0.3, 0.4) is 0 Å². The third kappa shape index (κ3) is 1.81. The van der Waals surface area contributed by atoms with Crippen LogP contribution in [-0.2, 0) is 19.7 Å². The topological polar surface area (TPSA) is 50.1 Å². The molecular formula is C12H17N3O. The quantitative estimate of drug-likeness (QED) is 0.814. The molecule has 0 atom stereocenters. The van der Waals surface area contributed by atoms with Gasteiger partial charge in [-0.05, 0) is 31.7 Å². The van der Waals surface area contributed by atoms with Crippen molar-refractivity contribution < 1.29 is 5.11 Å². The summed E-state index contributed by atoms with van der Waals surface area (Å²) in [5, 5.41) is 12.2. The Morgan fingerprint density at radius 2 is 2.25 bits per heavy atom. The fraction of sp³-hybridized carbons (Fsp3) is 0.417. The normalized spacial score (nSPS) is 11.2. The highest BCUT2D eigenvalue weighted by Gasteiger charge is 2.08. The van der Waals surface area contributed by atoms with Crippen LogP contribution in [0.5, 0.6) is 0 Å². The van der Waals surface area contributed by atoms with Gasteiger partial charge in [0, 0.05) is 6.54 Å². The van der Waals surface area contributed by atoms with Gasteiger partial charge in [-0.2, -0.15) is 0 Å². The fourth-order valence-electron chi connectivity index (χ4n) is 1.97. The van der Waals surface area contributed by atoms with Crippen molar-refractivity contribution in [1.29, 1.82) is 0 Å². The molecule has 0 radical (unpaired) electrons. The molecule has 0 aliphatic heterocycles. The lowest BCUT2D eigenvalue weighted by molar-refractivity contribution is 0.282. The Kier molecular flexibility index (Phi) is 3.22. The van der Waals surface area contributed by atoms with Crippen LogP contribution in [0.1, 0.15) is 18.3 Å². The number of fused-ring (bicyclic) bond motifs is 1. The third-order valence-corrected chi connectivity index (χ3v) is 2.73. The maximum Gasteiger partial charge on any atom is 0.123 e. The van der Waals surface area contributed by atoms with Crippen LogP contribution in [0.2, 0.25) is 0 Å². The number of nitrogens with one attached hydrogen (secondary N) is 1. The molecule has 0 saturated heterocycles. The molecule has 0 unspecified atom stereocenters. The molecule has 1 aromatic carbocycles. The molecule has 0 aliphatic carbocycles. The molecule has 4 heteroatoms. The summed E-state index contributed by atoms with van der Waals surface area (Å²) in [6.45, 7) is 3.85. The lowest BCUT2D eigenvalue weighted by Crippen LogP contribution is -2.11. The molecule has 0 aliphatic rings. The maximum atomic E-state index is 9.09. The lowest BCUT2D eigenvalue weighted by Gasteiger charge is -2.04. The maximum absolute atomic E-state index is 9.09. The number of aliphatic hydroxyl groups excluding tert-OH is 1. The van der Waals surface area contributed by atoms with Gasteiger partial charge in [-0.1, -0.05) is 6.07 Å². The average Bonchev–Trinajstić information content (AvgIpc) is 2.65. The second-order valence-corrected chi connectivity index (χ2v) is 3.78. The van der Waals surface area contributed by atoms with Crippen molar-refractivity contribution in [2.24, 2.45) is 0 Å². The summed E-state index contributed by atoms with van der Waals surface area (Å²) in [6.07, 6.45) is 0. The van der Waals surface area contributed by atoms with Crippen molar-refractivity contribution in [3.8, 4) is 0 Å². The molecule has 1 aromatic heterocycles. The van der Waals surface area contributed by atoms with E-state index in [2.05, 4.69) is 21.8 Å². The van der Waals surface area contributed by atoms with Crippen molar-refractivity contribution in [2.75, 3.05) is 7.05 Å². The van der Waals surface area contributed by atoms with Gasteiger partial charge in [-0.15, -0.1) is 0 Å². The molecule has 86 valence electrons. The second-order valence-electron chi connectivity index (χ2n) is 3.78. The van der Waals surface area contributed by atoms with E-state index >= 15 is 0 Å². The summed E-state index contributed by atoms with van der Waals surface area (Å²) >= 11 is 0. The van der Waals surface area contributed by atoms with Crippen molar-refractivity contribution >= 4 is 11.0 Å². The van der Waals surface area contributed by atoms with E-state index in [4.69, 9.17) is 5.11 Å². The van der Waals surface area contributed by atoms with Crippen LogP contribution < -0.4 is 5.32 Å². The minimum Gasteiger partial charge on any atom is -0.392 e. The standard InChI is InChI=1S/C12H17N3O/c1-3-15-11-5-4-9(8-16)6-10(11)14-12(15)7-13-2/h4-6,13,16H,3,7-8H2,1-2H3. The zero-order valence-electron chi connectivity index (χ0n) is 9.70. The fourth-order valence-corrected chi connectivity index (χ4v) is 1.97. The summed E-state index contributed by atoms with van der Waals surface area (Å²) in [6, 6.07) is 5.91. The van der Waals surface area contributed by atoms with E-state index in [0.29, 0.717) is 0 Å². The summed E-state index contributed by atoms with van der Waals surface area (Å²) in [5.41, 5.74) is 2.99. The summed E-state index contributed by atoms with van der Waals surface area (Å²) in [4.78, 5) is 4.57. The smallest absolute Gasteiger partial charge is 0.123 e. The van der Waals surface area contributed by atoms with Crippen LogP contribution in [0.4, 0.5) is 0 Å². The van der Waals surface area contributed by atoms with Crippen molar-refractivity contribution in [3.63, 3.8) is 0 Å². The molecule has 0 saturated carbocycles. The highest BCUT2D eigenvalue weighted by atomic mass is 16.3. The SMILES string of the molecule is CCn1c(CNC)nc2cc(CO)ccc21. The first-order valence-electron chi connectivity index (χ1n) is 5.53. The number of nitrogens with zero attached hydrogens (tertiary/aromatic N) is 2. The molecule has 0 spiro atoms. The monoisotopic (exact) mass is 219 g/mol. The zero-order valence-corrected chi connectivity index (χ0v) is 9.70. The Hall–Kier alpha value is -1.39. The van der Waals surface area contributed by atoms with Gasteiger partial charge in [-0.3, -0.25) is 0 Å². The molecule has 1 heterocycles. The van der Waals surface area contributed by atoms with E-state index in [-0.39, 0.29) is 6.61 Å². The van der Waals surface area contributed by atoms with Gasteiger partial charge >= 0.3 is 0 Å². The summed E-state index contributed by atoms with van der Waals surface area (Å²) in [7, 11) is 1.92. The molecule has 0 fully saturated rings. The van der Waals surface area contributed by atoms with Crippen LogP contribution >= 0.6 is 0 Å². The first kappa shape index (κ1) is 11.1. The van der Waals surface area contributed by atoms with E-state index in [9.17, 15) is 0 Å². The van der Waals surface area contributed by atoms with Crippen LogP contribution in [-0.4, -0.2) is 21.7 Å². The summed E-state index contributed by atoms with van der Waals surface area (Å²) < 4.78 is 2.19. The Labute approximate surface area is 94.9 Å². The number of benzene rings is 1. The van der Waals surface area contributed by atoms with Crippen molar-refractivity contribution in [3.05, 3.63) is 29.6 Å². The Morgan fingerprint density at radius 3 is 2.88 bits per heavy atom. The molecule has 4 nitrogen and oxygen atoms in total. The predicted molar refractivity (Wildman–Crippen MR) is 64.1 cm³/mol. The number of aliphatic hydroxyl groups is 1. The molecule has 16 heavy (non-hydrogen) atoms. The first-order valence-corrected chi connectivity index (χ1v) is 5.53. The van der Waals surface area contributed by atoms with E-state index in [1.54, 1.807) is 0 Å². The largest absolute Gasteiger partial charge is 0.392 e. The average molecular weight is 219 g/mol.